The van der Waals surface area contributed by atoms with Crippen molar-refractivity contribution in [1.29, 1.82) is 0 Å². The molecule has 0 bridgehead atoms. The summed E-state index contributed by atoms with van der Waals surface area (Å²) in [4.78, 5) is 3.62. The Kier molecular flexibility index (Phi) is 3.29. The number of hydrogen-bond donors (Lipinski definition) is 0. The van der Waals surface area contributed by atoms with Gasteiger partial charge in [0.2, 0.25) is 0 Å². The van der Waals surface area contributed by atoms with Crippen LogP contribution in [-0.4, -0.2) is 4.98 Å². The second-order valence-electron chi connectivity index (χ2n) is 3.28. The number of nitrogens with zero attached hydrogens (tertiary/aromatic N) is 1. The molecule has 2 rings (SSSR count). The van der Waals surface area contributed by atoms with Crippen LogP contribution in [0.5, 0.6) is 0 Å². The maximum atomic E-state index is 12.5. The van der Waals surface area contributed by atoms with Gasteiger partial charge in [0.15, 0.2) is 0 Å². The minimum atomic E-state index is -2.53. The van der Waals surface area contributed by atoms with Gasteiger partial charge in [-0.05, 0) is 35.4 Å². The van der Waals surface area contributed by atoms with Crippen molar-refractivity contribution in [2.24, 2.45) is 0 Å². The van der Waals surface area contributed by atoms with Gasteiger partial charge in [0, 0.05) is 10.7 Å². The van der Waals surface area contributed by atoms with Gasteiger partial charge >= 0.3 is 0 Å². The molecule has 0 saturated carbocycles. The molecule has 0 fully saturated rings. The molecule has 0 radical (unpaired) electrons. The quantitative estimate of drug-likeness (QED) is 0.794. The van der Waals surface area contributed by atoms with E-state index in [1.54, 1.807) is 6.07 Å². The van der Waals surface area contributed by atoms with Gasteiger partial charge < -0.3 is 0 Å². The molecule has 0 amide bonds. The van der Waals surface area contributed by atoms with Gasteiger partial charge in [-0.15, -0.1) is 0 Å². The van der Waals surface area contributed by atoms with Gasteiger partial charge in [-0.25, -0.2) is 8.78 Å². The molecule has 0 aliphatic heterocycles. The second kappa shape index (κ2) is 4.70. The largest absolute Gasteiger partial charge is 0.280 e. The molecule has 0 atom stereocenters. The van der Waals surface area contributed by atoms with Crippen molar-refractivity contribution in [3.05, 3.63) is 52.8 Å². The van der Waals surface area contributed by atoms with Crippen LogP contribution in [0.1, 0.15) is 12.1 Å². The topological polar surface area (TPSA) is 12.9 Å². The molecule has 16 heavy (non-hydrogen) atoms. The Morgan fingerprint density at radius 2 is 1.69 bits per heavy atom. The molecule has 0 unspecified atom stereocenters. The zero-order chi connectivity index (χ0) is 11.5. The minimum Gasteiger partial charge on any atom is -0.255 e. The standard InChI is InChI=1S/C12H8BrF2N/c13-10-3-1-8(2-4-10)9-5-6-16-11(7-9)12(14)15/h1-7,12H. The van der Waals surface area contributed by atoms with Crippen LogP contribution in [0.15, 0.2) is 47.1 Å². The SMILES string of the molecule is FC(F)c1cc(-c2ccc(Br)cc2)ccn1. The fourth-order valence-electron chi connectivity index (χ4n) is 1.39. The maximum absolute atomic E-state index is 12.5. The van der Waals surface area contributed by atoms with Crippen molar-refractivity contribution < 1.29 is 8.78 Å². The van der Waals surface area contributed by atoms with Crippen LogP contribution >= 0.6 is 15.9 Å². The summed E-state index contributed by atoms with van der Waals surface area (Å²) in [7, 11) is 0. The Labute approximate surface area is 100 Å². The van der Waals surface area contributed by atoms with Crippen molar-refractivity contribution in [2.45, 2.75) is 6.43 Å². The number of aromatic nitrogens is 1. The molecule has 82 valence electrons. The molecule has 4 heteroatoms. The average molecular weight is 284 g/mol. The van der Waals surface area contributed by atoms with Gasteiger partial charge in [-0.3, -0.25) is 4.98 Å². The van der Waals surface area contributed by atoms with Crippen LogP contribution in [0.4, 0.5) is 8.78 Å². The molecule has 1 aromatic heterocycles. The summed E-state index contributed by atoms with van der Waals surface area (Å²) in [5, 5.41) is 0. The van der Waals surface area contributed by atoms with Crippen LogP contribution in [0.25, 0.3) is 11.1 Å². The van der Waals surface area contributed by atoms with E-state index in [0.717, 1.165) is 15.6 Å². The number of pyridine rings is 1. The zero-order valence-electron chi connectivity index (χ0n) is 8.20. The zero-order valence-corrected chi connectivity index (χ0v) is 9.79. The Hall–Kier alpha value is -1.29. The lowest BCUT2D eigenvalue weighted by Crippen LogP contribution is -1.89. The van der Waals surface area contributed by atoms with E-state index in [9.17, 15) is 8.78 Å². The first-order valence-corrected chi connectivity index (χ1v) is 5.46. The molecule has 1 aromatic carbocycles. The Bertz CT molecular complexity index is 483. The third kappa shape index (κ3) is 2.44. The molecule has 2 aromatic rings. The third-order valence-electron chi connectivity index (χ3n) is 2.18. The first kappa shape index (κ1) is 11.2. The summed E-state index contributed by atoms with van der Waals surface area (Å²) in [6.07, 6.45) is -1.13. The summed E-state index contributed by atoms with van der Waals surface area (Å²) in [6, 6.07) is 10.6. The number of benzene rings is 1. The normalized spacial score (nSPS) is 10.8. The van der Waals surface area contributed by atoms with E-state index in [1.165, 1.54) is 12.3 Å². The van der Waals surface area contributed by atoms with E-state index in [4.69, 9.17) is 0 Å². The first-order chi connectivity index (χ1) is 7.66. The molecule has 1 heterocycles. The van der Waals surface area contributed by atoms with Gasteiger partial charge in [0.1, 0.15) is 5.69 Å². The molecular weight excluding hydrogens is 276 g/mol. The number of halogens is 3. The molecule has 0 N–H and O–H groups in total. The lowest BCUT2D eigenvalue weighted by atomic mass is 10.1. The highest BCUT2D eigenvalue weighted by Crippen LogP contribution is 2.25. The summed E-state index contributed by atoms with van der Waals surface area (Å²) in [6.45, 7) is 0. The number of alkyl halides is 2. The first-order valence-electron chi connectivity index (χ1n) is 4.67. The summed E-state index contributed by atoms with van der Waals surface area (Å²) < 4.78 is 25.9. The second-order valence-corrected chi connectivity index (χ2v) is 4.19. The summed E-state index contributed by atoms with van der Waals surface area (Å²) >= 11 is 3.32. The fourth-order valence-corrected chi connectivity index (χ4v) is 1.65. The monoisotopic (exact) mass is 283 g/mol. The summed E-state index contributed by atoms with van der Waals surface area (Å²) in [5.41, 5.74) is 1.45. The molecule has 0 aliphatic rings. The molecule has 1 nitrogen and oxygen atoms in total. The van der Waals surface area contributed by atoms with Crippen LogP contribution in [0.2, 0.25) is 0 Å². The number of hydrogen-bond acceptors (Lipinski definition) is 1. The smallest absolute Gasteiger partial charge is 0.255 e. The molecular formula is C12H8BrF2N. The highest BCUT2D eigenvalue weighted by Gasteiger charge is 2.09. The van der Waals surface area contributed by atoms with Gasteiger partial charge in [-0.1, -0.05) is 28.1 Å². The van der Waals surface area contributed by atoms with E-state index >= 15 is 0 Å². The van der Waals surface area contributed by atoms with Crippen molar-refractivity contribution >= 4 is 15.9 Å². The molecule has 0 spiro atoms. The van der Waals surface area contributed by atoms with E-state index in [-0.39, 0.29) is 5.69 Å². The third-order valence-corrected chi connectivity index (χ3v) is 2.71. The highest BCUT2D eigenvalue weighted by atomic mass is 79.9. The Balaban J connectivity index is 2.40. The van der Waals surface area contributed by atoms with Crippen LogP contribution in [0.3, 0.4) is 0 Å². The fraction of sp³-hybridized carbons (Fsp3) is 0.0833. The Morgan fingerprint density at radius 1 is 1.00 bits per heavy atom. The lowest BCUT2D eigenvalue weighted by molar-refractivity contribution is 0.146. The van der Waals surface area contributed by atoms with Crippen LogP contribution < -0.4 is 0 Å². The number of rotatable bonds is 2. The van der Waals surface area contributed by atoms with Gasteiger partial charge in [-0.2, -0.15) is 0 Å². The van der Waals surface area contributed by atoms with Gasteiger partial charge in [0.25, 0.3) is 6.43 Å². The minimum absolute atomic E-state index is 0.194. The maximum Gasteiger partial charge on any atom is 0.280 e. The van der Waals surface area contributed by atoms with E-state index < -0.39 is 6.43 Å². The Morgan fingerprint density at radius 3 is 2.31 bits per heavy atom. The van der Waals surface area contributed by atoms with Crippen LogP contribution in [-0.2, 0) is 0 Å². The van der Waals surface area contributed by atoms with Gasteiger partial charge in [0.05, 0.1) is 0 Å². The van der Waals surface area contributed by atoms with Crippen molar-refractivity contribution in [1.82, 2.24) is 4.98 Å². The molecule has 0 saturated heterocycles. The van der Waals surface area contributed by atoms with E-state index in [1.807, 2.05) is 24.3 Å². The predicted octanol–water partition coefficient (Wildman–Crippen LogP) is 4.45. The summed E-state index contributed by atoms with van der Waals surface area (Å²) in [5.74, 6) is 0. The van der Waals surface area contributed by atoms with E-state index in [2.05, 4.69) is 20.9 Å². The average Bonchev–Trinajstić information content (AvgIpc) is 2.30. The molecule has 0 aliphatic carbocycles. The van der Waals surface area contributed by atoms with Crippen LogP contribution in [0, 0.1) is 0 Å². The van der Waals surface area contributed by atoms with Crippen molar-refractivity contribution in [3.8, 4) is 11.1 Å². The van der Waals surface area contributed by atoms with Crippen molar-refractivity contribution in [2.75, 3.05) is 0 Å². The van der Waals surface area contributed by atoms with E-state index in [0.29, 0.717) is 0 Å². The lowest BCUT2D eigenvalue weighted by Gasteiger charge is -2.04. The highest BCUT2D eigenvalue weighted by molar-refractivity contribution is 9.10. The van der Waals surface area contributed by atoms with Crippen molar-refractivity contribution in [3.63, 3.8) is 0 Å². The predicted molar refractivity (Wildman–Crippen MR) is 62.3 cm³/mol.